The van der Waals surface area contributed by atoms with Crippen LogP contribution in [-0.4, -0.2) is 25.3 Å². The zero-order valence-corrected chi connectivity index (χ0v) is 19.6. The molecule has 0 atom stereocenters. The number of ether oxygens (including phenoxy) is 1. The van der Waals surface area contributed by atoms with Gasteiger partial charge in [0.1, 0.15) is 0 Å². The van der Waals surface area contributed by atoms with Gasteiger partial charge < -0.3 is 4.74 Å². The van der Waals surface area contributed by atoms with E-state index in [1.165, 1.54) is 83.5 Å². The molecule has 170 valence electrons. The molecule has 0 aliphatic rings. The van der Waals surface area contributed by atoms with Gasteiger partial charge in [0, 0.05) is 31.3 Å². The highest BCUT2D eigenvalue weighted by Gasteiger charge is 2.06. The van der Waals surface area contributed by atoms with E-state index in [0.29, 0.717) is 12.0 Å². The number of ketones is 2. The van der Waals surface area contributed by atoms with Crippen molar-refractivity contribution < 1.29 is 14.3 Å². The Morgan fingerprint density at radius 3 is 1.37 bits per heavy atom. The molecule has 1 aromatic rings. The van der Waals surface area contributed by atoms with Crippen LogP contribution in [0.1, 0.15) is 130 Å². The summed E-state index contributed by atoms with van der Waals surface area (Å²) in [6, 6.07) is 7.06. The molecular formula is C27H44O3. The largest absolute Gasteiger partial charge is 0.385 e. The zero-order chi connectivity index (χ0) is 21.9. The molecule has 0 unspecified atom stereocenters. The van der Waals surface area contributed by atoms with Crippen molar-refractivity contribution in [2.75, 3.05) is 13.7 Å². The fourth-order valence-corrected chi connectivity index (χ4v) is 3.87. The Balaban J connectivity index is 1.85. The molecule has 3 nitrogen and oxygen atoms in total. The van der Waals surface area contributed by atoms with Gasteiger partial charge in [0.2, 0.25) is 0 Å². The van der Waals surface area contributed by atoms with E-state index in [0.717, 1.165) is 25.0 Å². The summed E-state index contributed by atoms with van der Waals surface area (Å²) in [5.41, 5.74) is 1.39. The maximum absolute atomic E-state index is 12.2. The Labute approximate surface area is 185 Å². The van der Waals surface area contributed by atoms with Crippen LogP contribution in [0.25, 0.3) is 0 Å². The van der Waals surface area contributed by atoms with E-state index in [-0.39, 0.29) is 11.6 Å². The Morgan fingerprint density at radius 2 is 0.967 bits per heavy atom. The summed E-state index contributed by atoms with van der Waals surface area (Å²) in [4.78, 5) is 23.5. The van der Waals surface area contributed by atoms with E-state index >= 15 is 0 Å². The van der Waals surface area contributed by atoms with E-state index in [1.807, 2.05) is 0 Å². The minimum Gasteiger partial charge on any atom is -0.385 e. The number of unbranched alkanes of at least 4 members (excludes halogenated alkanes) is 14. The normalized spacial score (nSPS) is 11.0. The summed E-state index contributed by atoms with van der Waals surface area (Å²) in [7, 11) is 1.78. The van der Waals surface area contributed by atoms with Gasteiger partial charge in [0.15, 0.2) is 11.6 Å². The molecule has 1 rings (SSSR count). The van der Waals surface area contributed by atoms with Crippen LogP contribution < -0.4 is 0 Å². The van der Waals surface area contributed by atoms with Gasteiger partial charge in [0.25, 0.3) is 0 Å². The monoisotopic (exact) mass is 416 g/mol. The van der Waals surface area contributed by atoms with Crippen LogP contribution in [0.2, 0.25) is 0 Å². The van der Waals surface area contributed by atoms with Crippen molar-refractivity contribution in [1.29, 1.82) is 0 Å². The third kappa shape index (κ3) is 13.7. The van der Waals surface area contributed by atoms with Crippen molar-refractivity contribution >= 4 is 11.6 Å². The van der Waals surface area contributed by atoms with E-state index in [1.54, 1.807) is 38.3 Å². The lowest BCUT2D eigenvalue weighted by atomic mass is 10.0. The van der Waals surface area contributed by atoms with Crippen molar-refractivity contribution in [3.63, 3.8) is 0 Å². The second-order valence-corrected chi connectivity index (χ2v) is 8.60. The van der Waals surface area contributed by atoms with Gasteiger partial charge in [-0.1, -0.05) is 108 Å². The summed E-state index contributed by atoms with van der Waals surface area (Å²) in [5, 5.41) is 0. The molecule has 30 heavy (non-hydrogen) atoms. The first-order valence-corrected chi connectivity index (χ1v) is 12.3. The average Bonchev–Trinajstić information content (AvgIpc) is 2.75. The summed E-state index contributed by atoms with van der Waals surface area (Å²) in [5.74, 6) is 0.235. The Bertz CT molecular complexity index is 562. The summed E-state index contributed by atoms with van der Waals surface area (Å²) in [6.45, 7) is 2.46. The maximum atomic E-state index is 12.2. The van der Waals surface area contributed by atoms with Crippen LogP contribution in [0.4, 0.5) is 0 Å². The molecular weight excluding hydrogens is 372 g/mol. The van der Waals surface area contributed by atoms with Gasteiger partial charge in [-0.3, -0.25) is 9.59 Å². The molecule has 0 radical (unpaired) electrons. The molecule has 0 amide bonds. The molecule has 0 saturated heterocycles. The second kappa shape index (κ2) is 18.3. The first kappa shape index (κ1) is 26.6. The third-order valence-corrected chi connectivity index (χ3v) is 5.87. The fraction of sp³-hybridized carbons (Fsp3) is 0.704. The molecule has 1 aromatic carbocycles. The van der Waals surface area contributed by atoms with Gasteiger partial charge in [0.05, 0.1) is 0 Å². The Hall–Kier alpha value is -1.48. The summed E-state index contributed by atoms with van der Waals surface area (Å²) in [6.07, 6.45) is 20.2. The standard InChI is InChI=1S/C27H44O3/c1-24(28)25-19-21-26(22-20-25)27(29)18-16-14-12-10-8-6-4-3-5-7-9-11-13-15-17-23-30-2/h19-22H,3-18,23H2,1-2H3. The van der Waals surface area contributed by atoms with E-state index in [9.17, 15) is 9.59 Å². The number of carbonyl (C=O) groups is 2. The predicted octanol–water partition coefficient (Wildman–Crippen LogP) is 7.96. The van der Waals surface area contributed by atoms with Gasteiger partial charge in [-0.25, -0.2) is 0 Å². The molecule has 0 spiro atoms. The lowest BCUT2D eigenvalue weighted by Crippen LogP contribution is -2.00. The van der Waals surface area contributed by atoms with Crippen molar-refractivity contribution in [3.8, 4) is 0 Å². The van der Waals surface area contributed by atoms with Gasteiger partial charge >= 0.3 is 0 Å². The minimum atomic E-state index is 0.0402. The van der Waals surface area contributed by atoms with Gasteiger partial charge in [-0.2, -0.15) is 0 Å². The number of benzene rings is 1. The first-order valence-electron chi connectivity index (χ1n) is 12.3. The molecule has 0 heterocycles. The number of rotatable bonds is 20. The van der Waals surface area contributed by atoms with Crippen molar-refractivity contribution in [2.45, 2.75) is 110 Å². The predicted molar refractivity (Wildman–Crippen MR) is 127 cm³/mol. The molecule has 0 aromatic heterocycles. The highest BCUT2D eigenvalue weighted by molar-refractivity contribution is 5.98. The van der Waals surface area contributed by atoms with Gasteiger partial charge in [-0.05, 0) is 19.8 Å². The fourth-order valence-electron chi connectivity index (χ4n) is 3.87. The minimum absolute atomic E-state index is 0.0402. The second-order valence-electron chi connectivity index (χ2n) is 8.60. The van der Waals surface area contributed by atoms with E-state index in [4.69, 9.17) is 4.74 Å². The molecule has 0 saturated carbocycles. The zero-order valence-electron chi connectivity index (χ0n) is 19.6. The number of Topliss-reactive ketones (excluding diaryl/α,β-unsaturated/α-hetero) is 2. The number of hydrogen-bond acceptors (Lipinski definition) is 3. The van der Waals surface area contributed by atoms with Crippen LogP contribution in [0, 0.1) is 0 Å². The third-order valence-electron chi connectivity index (χ3n) is 5.87. The lowest BCUT2D eigenvalue weighted by Gasteiger charge is -2.04. The molecule has 0 N–H and O–H groups in total. The van der Waals surface area contributed by atoms with E-state index < -0.39 is 0 Å². The molecule has 3 heteroatoms. The topological polar surface area (TPSA) is 43.4 Å². The van der Waals surface area contributed by atoms with Crippen molar-refractivity contribution in [3.05, 3.63) is 35.4 Å². The van der Waals surface area contributed by atoms with Crippen LogP contribution >= 0.6 is 0 Å². The van der Waals surface area contributed by atoms with Crippen molar-refractivity contribution in [2.24, 2.45) is 0 Å². The molecule has 0 aliphatic carbocycles. The lowest BCUT2D eigenvalue weighted by molar-refractivity contribution is 0.0975. The average molecular weight is 417 g/mol. The Kier molecular flexibility index (Phi) is 16.2. The molecule has 0 bridgehead atoms. The SMILES string of the molecule is COCCCCCCCCCCCCCCCCCC(=O)c1ccc(C(C)=O)cc1. The number of carbonyl (C=O) groups excluding carboxylic acids is 2. The van der Waals surface area contributed by atoms with E-state index in [2.05, 4.69) is 0 Å². The number of methoxy groups -OCH3 is 1. The Morgan fingerprint density at radius 1 is 0.600 bits per heavy atom. The smallest absolute Gasteiger partial charge is 0.162 e. The van der Waals surface area contributed by atoms with Crippen LogP contribution in [0.5, 0.6) is 0 Å². The van der Waals surface area contributed by atoms with Crippen LogP contribution in [0.3, 0.4) is 0 Å². The quantitative estimate of drug-likeness (QED) is 0.160. The van der Waals surface area contributed by atoms with Crippen LogP contribution in [-0.2, 0) is 4.74 Å². The summed E-state index contributed by atoms with van der Waals surface area (Å²) >= 11 is 0. The number of hydrogen-bond donors (Lipinski definition) is 0. The van der Waals surface area contributed by atoms with Crippen molar-refractivity contribution in [1.82, 2.24) is 0 Å². The molecule has 0 aliphatic heterocycles. The maximum Gasteiger partial charge on any atom is 0.162 e. The summed E-state index contributed by atoms with van der Waals surface area (Å²) < 4.78 is 5.07. The highest BCUT2D eigenvalue weighted by Crippen LogP contribution is 2.15. The van der Waals surface area contributed by atoms with Crippen LogP contribution in [0.15, 0.2) is 24.3 Å². The van der Waals surface area contributed by atoms with Gasteiger partial charge in [-0.15, -0.1) is 0 Å². The first-order chi connectivity index (χ1) is 14.6. The highest BCUT2D eigenvalue weighted by atomic mass is 16.5. The molecule has 0 fully saturated rings.